The van der Waals surface area contributed by atoms with Gasteiger partial charge in [-0.15, -0.1) is 0 Å². The topological polar surface area (TPSA) is 33.7 Å². The van der Waals surface area contributed by atoms with Crippen LogP contribution in [-0.2, 0) is 4.57 Å². The lowest BCUT2D eigenvalue weighted by Crippen LogP contribution is -3.00. The van der Waals surface area contributed by atoms with Crippen molar-refractivity contribution in [2.75, 3.05) is 12.3 Å². The molecule has 1 fully saturated rings. The smallest absolute Gasteiger partial charge is 0.164 e. The summed E-state index contributed by atoms with van der Waals surface area (Å²) < 4.78 is 14.5. The van der Waals surface area contributed by atoms with Gasteiger partial charge in [0.15, 0.2) is 5.78 Å². The lowest BCUT2D eigenvalue weighted by molar-refractivity contribution is -0.711. The highest BCUT2D eigenvalue weighted by molar-refractivity contribution is 9.10. The van der Waals surface area contributed by atoms with Gasteiger partial charge in [-0.3, -0.25) is 0 Å². The maximum absolute atomic E-state index is 13.4. The van der Waals surface area contributed by atoms with Crippen molar-refractivity contribution < 1.29 is 22.3 Å². The maximum Gasteiger partial charge on any atom is 0.164 e. The van der Waals surface area contributed by atoms with Crippen LogP contribution in [0.3, 0.4) is 0 Å². The van der Waals surface area contributed by atoms with E-state index in [0.717, 1.165) is 16.8 Å². The van der Waals surface area contributed by atoms with Crippen molar-refractivity contribution in [2.24, 2.45) is 0 Å². The lowest BCUT2D eigenvalue weighted by atomic mass is 9.95. The first-order chi connectivity index (χ1) is 10.1. The normalized spacial score (nSPS) is 17.8. The van der Waals surface area contributed by atoms with Crippen LogP contribution < -0.4 is 17.7 Å². The zero-order valence-corrected chi connectivity index (χ0v) is 16.8. The van der Waals surface area contributed by atoms with Crippen LogP contribution >= 0.6 is 23.1 Å². The van der Waals surface area contributed by atoms with Gasteiger partial charge in [0.1, 0.15) is 7.14 Å². The Labute approximate surface area is 149 Å². The Hall–Kier alpha value is 0.180. The molecule has 0 aliphatic heterocycles. The molecule has 1 atom stereocenters. The summed E-state index contributed by atoms with van der Waals surface area (Å²) in [6.45, 7) is 4.18. The van der Waals surface area contributed by atoms with Crippen molar-refractivity contribution in [1.29, 1.82) is 0 Å². The number of quaternary nitrogens is 1. The van der Waals surface area contributed by atoms with Gasteiger partial charge in [-0.05, 0) is 37.8 Å². The predicted molar refractivity (Wildman–Crippen MR) is 94.4 cm³/mol. The Bertz CT molecular complexity index is 480. The average molecular weight is 409 g/mol. The van der Waals surface area contributed by atoms with Crippen molar-refractivity contribution in [3.63, 3.8) is 0 Å². The van der Waals surface area contributed by atoms with E-state index in [9.17, 15) is 4.57 Å². The molecule has 0 spiro atoms. The number of nitrogens with two attached hydrogens (primary N) is 1. The molecule has 0 radical (unpaired) electrons. The Kier molecular flexibility index (Phi) is 8.71. The Morgan fingerprint density at radius 3 is 2.18 bits per heavy atom. The van der Waals surface area contributed by atoms with Crippen molar-refractivity contribution in [3.8, 4) is 0 Å². The van der Waals surface area contributed by atoms with Crippen LogP contribution in [0.25, 0.3) is 0 Å². The molecule has 0 bridgehead atoms. The zero-order valence-electron chi connectivity index (χ0n) is 13.6. The molecule has 2 nitrogen and oxygen atoms in total. The fraction of sp³-hybridized carbons (Fsp3) is 0.647. The van der Waals surface area contributed by atoms with Gasteiger partial charge in [0.25, 0.3) is 0 Å². The predicted octanol–water partition coefficient (Wildman–Crippen LogP) is 1.75. The SMILES string of the molecule is CCP(=O)(CC)C([NH2+]C1CCCCC1)c1ccc(Br)cc1.[Cl-]. The molecule has 1 aliphatic rings. The molecule has 0 amide bonds. The van der Waals surface area contributed by atoms with Gasteiger partial charge in [0.2, 0.25) is 0 Å². The third kappa shape index (κ3) is 5.09. The average Bonchev–Trinajstić information content (AvgIpc) is 2.54. The van der Waals surface area contributed by atoms with E-state index in [4.69, 9.17) is 0 Å². The van der Waals surface area contributed by atoms with E-state index < -0.39 is 7.14 Å². The Balaban J connectivity index is 0.00000242. The van der Waals surface area contributed by atoms with Crippen molar-refractivity contribution in [1.82, 2.24) is 0 Å². The molecule has 0 heterocycles. The number of rotatable bonds is 6. The van der Waals surface area contributed by atoms with E-state index in [1.165, 1.54) is 37.7 Å². The molecule has 2 N–H and O–H groups in total. The highest BCUT2D eigenvalue weighted by Gasteiger charge is 2.36. The van der Waals surface area contributed by atoms with Gasteiger partial charge in [-0.2, -0.15) is 0 Å². The first kappa shape index (κ1) is 20.2. The standard InChI is InChI=1S/C17H27BrNOP.ClH/c1-3-21(20,4-2)17(14-10-12-15(18)13-11-14)19-16-8-6-5-7-9-16;/h10-13,16-17,19H,3-9H2,1-2H3;1H. The summed E-state index contributed by atoms with van der Waals surface area (Å²) in [7, 11) is -2.17. The van der Waals surface area contributed by atoms with Crippen molar-refractivity contribution >= 4 is 23.1 Å². The van der Waals surface area contributed by atoms with Gasteiger partial charge in [-0.25, -0.2) is 0 Å². The molecule has 1 aliphatic carbocycles. The third-order valence-electron chi connectivity index (χ3n) is 4.89. The molecule has 1 aromatic carbocycles. The largest absolute Gasteiger partial charge is 1.00 e. The summed E-state index contributed by atoms with van der Waals surface area (Å²) in [5.74, 6) is 0.142. The molecule has 1 saturated carbocycles. The second-order valence-electron chi connectivity index (χ2n) is 6.17. The van der Waals surface area contributed by atoms with Crippen molar-refractivity contribution in [2.45, 2.75) is 57.8 Å². The molecule has 1 unspecified atom stereocenters. The highest BCUT2D eigenvalue weighted by Crippen LogP contribution is 2.55. The monoisotopic (exact) mass is 407 g/mol. The van der Waals surface area contributed by atoms with Crippen LogP contribution in [0.2, 0.25) is 0 Å². The van der Waals surface area contributed by atoms with Gasteiger partial charge < -0.3 is 22.3 Å². The van der Waals surface area contributed by atoms with Crippen LogP contribution in [0, 0.1) is 0 Å². The maximum atomic E-state index is 13.4. The van der Waals surface area contributed by atoms with E-state index in [1.54, 1.807) is 0 Å². The van der Waals surface area contributed by atoms with E-state index in [1.807, 2.05) is 0 Å². The zero-order chi connectivity index (χ0) is 15.3. The summed E-state index contributed by atoms with van der Waals surface area (Å²) in [5, 5.41) is 2.44. The molecule has 1 aromatic rings. The van der Waals surface area contributed by atoms with Crippen LogP contribution in [-0.4, -0.2) is 18.4 Å². The minimum Gasteiger partial charge on any atom is -1.00 e. The second kappa shape index (κ2) is 9.47. The van der Waals surface area contributed by atoms with Crippen LogP contribution in [0.1, 0.15) is 57.3 Å². The Morgan fingerprint density at radius 1 is 1.14 bits per heavy atom. The van der Waals surface area contributed by atoms with E-state index in [-0.39, 0.29) is 18.2 Å². The van der Waals surface area contributed by atoms with Crippen molar-refractivity contribution in [3.05, 3.63) is 34.3 Å². The minimum absolute atomic E-state index is 0. The third-order valence-corrected chi connectivity index (χ3v) is 9.05. The molecule has 22 heavy (non-hydrogen) atoms. The fourth-order valence-electron chi connectivity index (χ4n) is 3.40. The molecule has 0 saturated heterocycles. The van der Waals surface area contributed by atoms with Crippen LogP contribution in [0.4, 0.5) is 0 Å². The van der Waals surface area contributed by atoms with Crippen LogP contribution in [0.15, 0.2) is 28.7 Å². The molecular formula is C17H28BrClNOP. The van der Waals surface area contributed by atoms with Gasteiger partial charge in [-0.1, -0.05) is 48.3 Å². The van der Waals surface area contributed by atoms with Crippen LogP contribution in [0.5, 0.6) is 0 Å². The molecule has 5 heteroatoms. The summed E-state index contributed by atoms with van der Waals surface area (Å²) in [6.07, 6.45) is 8.18. The number of hydrogen-bond donors (Lipinski definition) is 1. The van der Waals surface area contributed by atoms with E-state index in [2.05, 4.69) is 59.4 Å². The lowest BCUT2D eigenvalue weighted by Gasteiger charge is -2.30. The highest BCUT2D eigenvalue weighted by atomic mass is 79.9. The number of hydrogen-bond acceptors (Lipinski definition) is 1. The molecule has 0 aromatic heterocycles. The van der Waals surface area contributed by atoms with Gasteiger partial charge in [0.05, 0.1) is 6.04 Å². The fourth-order valence-corrected chi connectivity index (χ4v) is 6.17. The summed E-state index contributed by atoms with van der Waals surface area (Å²) in [4.78, 5) is 0. The molecular weight excluding hydrogens is 381 g/mol. The first-order valence-electron chi connectivity index (χ1n) is 8.27. The first-order valence-corrected chi connectivity index (χ1v) is 11.2. The van der Waals surface area contributed by atoms with Gasteiger partial charge in [0, 0.05) is 22.4 Å². The van der Waals surface area contributed by atoms with Gasteiger partial charge >= 0.3 is 0 Å². The van der Waals surface area contributed by atoms with E-state index in [0.29, 0.717) is 6.04 Å². The summed E-state index contributed by atoms with van der Waals surface area (Å²) in [5.41, 5.74) is 1.23. The minimum atomic E-state index is -2.17. The number of benzene rings is 1. The molecule has 2 rings (SSSR count). The summed E-state index contributed by atoms with van der Waals surface area (Å²) in [6, 6.07) is 9.09. The number of halogens is 2. The summed E-state index contributed by atoms with van der Waals surface area (Å²) >= 11 is 3.50. The quantitative estimate of drug-likeness (QED) is 0.715. The van der Waals surface area contributed by atoms with E-state index >= 15 is 0 Å². The Morgan fingerprint density at radius 2 is 1.68 bits per heavy atom. The molecule has 126 valence electrons. The second-order valence-corrected chi connectivity index (χ2v) is 10.8.